The van der Waals surface area contributed by atoms with Gasteiger partial charge in [-0.05, 0) is 18.2 Å². The lowest BCUT2D eigenvalue weighted by atomic mass is 9.93. The highest BCUT2D eigenvalue weighted by Crippen LogP contribution is 2.37. The van der Waals surface area contributed by atoms with Crippen molar-refractivity contribution in [2.45, 2.75) is 18.6 Å². The molecule has 2 aliphatic rings. The van der Waals surface area contributed by atoms with Gasteiger partial charge in [0, 0.05) is 56.6 Å². The summed E-state index contributed by atoms with van der Waals surface area (Å²) in [4.78, 5) is 26.8. The molecule has 2 aromatic rings. The van der Waals surface area contributed by atoms with Crippen molar-refractivity contribution in [3.63, 3.8) is 0 Å². The van der Waals surface area contributed by atoms with Gasteiger partial charge in [-0.1, -0.05) is 12.1 Å². The van der Waals surface area contributed by atoms with Gasteiger partial charge in [-0.2, -0.15) is 0 Å². The molecular weight excluding hydrogens is 336 g/mol. The van der Waals surface area contributed by atoms with Gasteiger partial charge in [-0.3, -0.25) is 14.8 Å². The number of methoxy groups -OCH3 is 2. The summed E-state index contributed by atoms with van der Waals surface area (Å²) in [6, 6.07) is 8.85. The number of anilines is 1. The molecular formula is C19H20N2O5. The maximum Gasteiger partial charge on any atom is 0.285 e. The summed E-state index contributed by atoms with van der Waals surface area (Å²) in [5, 5.41) is 11.4. The zero-order chi connectivity index (χ0) is 18.5. The molecule has 1 N–H and O–H groups in total. The number of imide groups is 1. The Morgan fingerprint density at radius 2 is 1.58 bits per heavy atom. The number of ether oxygens (including phenoxy) is 2. The number of hydroxylamine groups is 2. The first-order chi connectivity index (χ1) is 12.5. The van der Waals surface area contributed by atoms with Crippen LogP contribution in [0.3, 0.4) is 0 Å². The SMILES string of the molecule is COC1(OC)CCN(c2ccc3c4c(cccc24)C(=O)N(O)C3=O)CC1. The zero-order valence-corrected chi connectivity index (χ0v) is 14.7. The van der Waals surface area contributed by atoms with E-state index in [2.05, 4.69) is 4.90 Å². The van der Waals surface area contributed by atoms with Gasteiger partial charge in [0.05, 0.1) is 11.1 Å². The van der Waals surface area contributed by atoms with Gasteiger partial charge in [0.25, 0.3) is 11.8 Å². The fraction of sp³-hybridized carbons (Fsp3) is 0.368. The molecule has 4 rings (SSSR count). The van der Waals surface area contributed by atoms with Crippen molar-refractivity contribution in [2.24, 2.45) is 0 Å². The summed E-state index contributed by atoms with van der Waals surface area (Å²) in [7, 11) is 3.30. The molecule has 0 atom stereocenters. The Bertz CT molecular complexity index is 874. The van der Waals surface area contributed by atoms with Crippen molar-refractivity contribution in [3.05, 3.63) is 41.5 Å². The largest absolute Gasteiger partial charge is 0.371 e. The van der Waals surface area contributed by atoms with Gasteiger partial charge < -0.3 is 14.4 Å². The summed E-state index contributed by atoms with van der Waals surface area (Å²) in [6.07, 6.45) is 1.43. The second-order valence-corrected chi connectivity index (χ2v) is 6.59. The van der Waals surface area contributed by atoms with Crippen LogP contribution in [-0.4, -0.2) is 55.2 Å². The molecule has 0 bridgehead atoms. The maximum atomic E-state index is 12.3. The second kappa shape index (κ2) is 6.05. The van der Waals surface area contributed by atoms with Crippen LogP contribution in [0.25, 0.3) is 10.8 Å². The summed E-state index contributed by atoms with van der Waals surface area (Å²) < 4.78 is 11.1. The molecule has 1 fully saturated rings. The predicted octanol–water partition coefficient (Wildman–Crippen LogP) is 2.41. The molecule has 0 saturated carbocycles. The van der Waals surface area contributed by atoms with Crippen LogP contribution >= 0.6 is 0 Å². The minimum absolute atomic E-state index is 0.184. The van der Waals surface area contributed by atoms with Crippen LogP contribution in [0, 0.1) is 0 Å². The standard InChI is InChI=1S/C19H20N2O5/c1-25-19(26-2)8-10-20(11-9-19)15-7-6-14-16-12(15)4-3-5-13(16)17(22)21(24)18(14)23/h3-7,24H,8-11H2,1-2H3. The lowest BCUT2D eigenvalue weighted by Crippen LogP contribution is -2.47. The Hall–Kier alpha value is -2.48. The highest BCUT2D eigenvalue weighted by atomic mass is 16.7. The Morgan fingerprint density at radius 3 is 2.19 bits per heavy atom. The number of carbonyl (C=O) groups excluding carboxylic acids is 2. The van der Waals surface area contributed by atoms with Crippen molar-refractivity contribution >= 4 is 28.3 Å². The first kappa shape index (κ1) is 17.0. The molecule has 0 aliphatic carbocycles. The van der Waals surface area contributed by atoms with Gasteiger partial charge in [0.15, 0.2) is 5.79 Å². The molecule has 0 radical (unpaired) electrons. The Labute approximate surface area is 150 Å². The van der Waals surface area contributed by atoms with Gasteiger partial charge >= 0.3 is 0 Å². The van der Waals surface area contributed by atoms with Crippen LogP contribution in [0.1, 0.15) is 33.6 Å². The second-order valence-electron chi connectivity index (χ2n) is 6.59. The Balaban J connectivity index is 1.79. The summed E-state index contributed by atoms with van der Waals surface area (Å²) in [5.41, 5.74) is 1.63. The number of rotatable bonds is 3. The minimum Gasteiger partial charge on any atom is -0.371 e. The van der Waals surface area contributed by atoms with E-state index in [9.17, 15) is 14.8 Å². The average Bonchev–Trinajstić information content (AvgIpc) is 2.70. The van der Waals surface area contributed by atoms with Crippen LogP contribution in [-0.2, 0) is 9.47 Å². The number of nitrogens with zero attached hydrogens (tertiary/aromatic N) is 2. The molecule has 2 heterocycles. The quantitative estimate of drug-likeness (QED) is 0.517. The predicted molar refractivity (Wildman–Crippen MR) is 94.4 cm³/mol. The molecule has 0 aromatic heterocycles. The van der Waals surface area contributed by atoms with E-state index in [0.29, 0.717) is 29.4 Å². The number of carbonyl (C=O) groups is 2. The topological polar surface area (TPSA) is 79.3 Å². The van der Waals surface area contributed by atoms with Gasteiger partial charge in [-0.25, -0.2) is 0 Å². The maximum absolute atomic E-state index is 12.3. The molecule has 2 aromatic carbocycles. The molecule has 2 amide bonds. The number of hydrogen-bond acceptors (Lipinski definition) is 6. The molecule has 1 saturated heterocycles. The van der Waals surface area contributed by atoms with E-state index in [1.54, 1.807) is 32.4 Å². The van der Waals surface area contributed by atoms with Gasteiger partial charge in [0.2, 0.25) is 0 Å². The summed E-state index contributed by atoms with van der Waals surface area (Å²) >= 11 is 0. The molecule has 7 heteroatoms. The zero-order valence-electron chi connectivity index (χ0n) is 14.7. The van der Waals surface area contributed by atoms with E-state index in [0.717, 1.165) is 24.2 Å². The van der Waals surface area contributed by atoms with Gasteiger partial charge in [-0.15, -0.1) is 5.06 Å². The summed E-state index contributed by atoms with van der Waals surface area (Å²) in [6.45, 7) is 1.46. The lowest BCUT2D eigenvalue weighted by Gasteiger charge is -2.41. The van der Waals surface area contributed by atoms with Crippen LogP contribution in [0.15, 0.2) is 30.3 Å². The number of amides is 2. The molecule has 2 aliphatic heterocycles. The molecule has 0 spiro atoms. The van der Waals surface area contributed by atoms with E-state index in [-0.39, 0.29) is 5.06 Å². The van der Waals surface area contributed by atoms with E-state index >= 15 is 0 Å². The van der Waals surface area contributed by atoms with Crippen molar-refractivity contribution in [1.82, 2.24) is 5.06 Å². The normalized spacial score (nSPS) is 19.3. The van der Waals surface area contributed by atoms with Crippen molar-refractivity contribution in [3.8, 4) is 0 Å². The fourth-order valence-electron chi connectivity index (χ4n) is 3.92. The fourth-order valence-corrected chi connectivity index (χ4v) is 3.92. The van der Waals surface area contributed by atoms with Crippen molar-refractivity contribution < 1.29 is 24.3 Å². The van der Waals surface area contributed by atoms with E-state index in [4.69, 9.17) is 9.47 Å². The van der Waals surface area contributed by atoms with Crippen LogP contribution in [0.5, 0.6) is 0 Å². The Kier molecular flexibility index (Phi) is 3.95. The Morgan fingerprint density at radius 1 is 0.962 bits per heavy atom. The molecule has 0 unspecified atom stereocenters. The third-order valence-electron chi connectivity index (χ3n) is 5.47. The first-order valence-electron chi connectivity index (χ1n) is 8.50. The molecule has 7 nitrogen and oxygen atoms in total. The third-order valence-corrected chi connectivity index (χ3v) is 5.47. The minimum atomic E-state index is -0.693. The van der Waals surface area contributed by atoms with Gasteiger partial charge in [0.1, 0.15) is 0 Å². The molecule has 26 heavy (non-hydrogen) atoms. The molecule has 136 valence electrons. The summed E-state index contributed by atoms with van der Waals surface area (Å²) in [5.74, 6) is -1.95. The number of piperidine rings is 1. The number of hydrogen-bond donors (Lipinski definition) is 1. The van der Waals surface area contributed by atoms with E-state index in [1.807, 2.05) is 12.1 Å². The first-order valence-corrected chi connectivity index (χ1v) is 8.50. The smallest absolute Gasteiger partial charge is 0.285 e. The highest BCUT2D eigenvalue weighted by molar-refractivity contribution is 6.26. The number of benzene rings is 2. The average molecular weight is 356 g/mol. The lowest BCUT2D eigenvalue weighted by molar-refractivity contribution is -0.216. The highest BCUT2D eigenvalue weighted by Gasteiger charge is 2.36. The van der Waals surface area contributed by atoms with Crippen LogP contribution in [0.2, 0.25) is 0 Å². The van der Waals surface area contributed by atoms with E-state index < -0.39 is 17.6 Å². The van der Waals surface area contributed by atoms with Crippen molar-refractivity contribution in [1.29, 1.82) is 0 Å². The van der Waals surface area contributed by atoms with Crippen LogP contribution in [0.4, 0.5) is 5.69 Å². The third kappa shape index (κ3) is 2.32. The van der Waals surface area contributed by atoms with E-state index in [1.165, 1.54) is 0 Å². The van der Waals surface area contributed by atoms with Crippen molar-refractivity contribution in [2.75, 3.05) is 32.2 Å². The monoisotopic (exact) mass is 356 g/mol. The van der Waals surface area contributed by atoms with Crippen LogP contribution < -0.4 is 4.90 Å².